The average molecular weight is 331 g/mol. The standard InChI is InChI=1S/C15H26N2O2S2/c1-12-3-5-13(6-4-12)7-8-17-21(18,19)15-9-14(10-16-2)11-20-15/h9,11-13,16-17H,3-8,10H2,1-2H3. The summed E-state index contributed by atoms with van der Waals surface area (Å²) in [6, 6.07) is 1.76. The van der Waals surface area contributed by atoms with Gasteiger partial charge in [-0.05, 0) is 42.3 Å². The number of thiophene rings is 1. The molecule has 1 aromatic rings. The summed E-state index contributed by atoms with van der Waals surface area (Å²) < 4.78 is 27.6. The first-order chi connectivity index (χ1) is 10.0. The van der Waals surface area contributed by atoms with Gasteiger partial charge < -0.3 is 5.32 Å². The van der Waals surface area contributed by atoms with Crippen LogP contribution in [0.2, 0.25) is 0 Å². The fourth-order valence-electron chi connectivity index (χ4n) is 2.88. The van der Waals surface area contributed by atoms with Crippen LogP contribution in [0, 0.1) is 11.8 Å². The average Bonchev–Trinajstić information content (AvgIpc) is 2.91. The Morgan fingerprint density at radius 1 is 1.29 bits per heavy atom. The van der Waals surface area contributed by atoms with Crippen LogP contribution < -0.4 is 10.0 Å². The molecule has 2 N–H and O–H groups in total. The topological polar surface area (TPSA) is 58.2 Å². The van der Waals surface area contributed by atoms with Gasteiger partial charge in [-0.15, -0.1) is 11.3 Å². The van der Waals surface area contributed by atoms with Gasteiger partial charge in [0, 0.05) is 13.1 Å². The molecule has 1 fully saturated rings. The fraction of sp³-hybridized carbons (Fsp3) is 0.733. The van der Waals surface area contributed by atoms with E-state index < -0.39 is 10.0 Å². The third-order valence-electron chi connectivity index (χ3n) is 4.26. The first-order valence-electron chi connectivity index (χ1n) is 7.73. The van der Waals surface area contributed by atoms with Gasteiger partial charge in [0.05, 0.1) is 0 Å². The van der Waals surface area contributed by atoms with Crippen molar-refractivity contribution < 1.29 is 8.42 Å². The van der Waals surface area contributed by atoms with Crippen LogP contribution in [0.15, 0.2) is 15.7 Å². The smallest absolute Gasteiger partial charge is 0.250 e. The summed E-state index contributed by atoms with van der Waals surface area (Å²) in [5.74, 6) is 1.53. The minimum atomic E-state index is -3.33. The lowest BCUT2D eigenvalue weighted by Gasteiger charge is -2.25. The Bertz CT molecular complexity index is 532. The van der Waals surface area contributed by atoms with Crippen LogP contribution in [0.5, 0.6) is 0 Å². The second kappa shape index (κ2) is 7.72. The number of rotatable bonds is 7. The van der Waals surface area contributed by atoms with Crippen molar-refractivity contribution in [3.05, 3.63) is 17.0 Å². The lowest BCUT2D eigenvalue weighted by atomic mass is 9.81. The van der Waals surface area contributed by atoms with Gasteiger partial charge in [-0.2, -0.15) is 0 Å². The fourth-order valence-corrected chi connectivity index (χ4v) is 5.18. The summed E-state index contributed by atoms with van der Waals surface area (Å²) in [5.41, 5.74) is 1.02. The molecule has 21 heavy (non-hydrogen) atoms. The molecule has 0 amide bonds. The van der Waals surface area contributed by atoms with Crippen molar-refractivity contribution in [3.63, 3.8) is 0 Å². The molecular weight excluding hydrogens is 304 g/mol. The van der Waals surface area contributed by atoms with E-state index in [1.165, 1.54) is 37.0 Å². The first-order valence-corrected chi connectivity index (χ1v) is 10.1. The zero-order valence-corrected chi connectivity index (χ0v) is 14.5. The van der Waals surface area contributed by atoms with Gasteiger partial charge in [0.25, 0.3) is 0 Å². The second-order valence-corrected chi connectivity index (χ2v) is 9.02. The molecule has 1 aliphatic rings. The van der Waals surface area contributed by atoms with Gasteiger partial charge in [-0.3, -0.25) is 0 Å². The summed E-state index contributed by atoms with van der Waals surface area (Å²) in [5, 5.41) is 4.93. The van der Waals surface area contributed by atoms with Gasteiger partial charge in [-0.1, -0.05) is 32.6 Å². The second-order valence-electron chi connectivity index (χ2n) is 6.12. The molecular formula is C15H26N2O2S2. The van der Waals surface area contributed by atoms with Gasteiger partial charge in [0.1, 0.15) is 4.21 Å². The van der Waals surface area contributed by atoms with Crippen LogP contribution in [0.25, 0.3) is 0 Å². The molecule has 1 saturated carbocycles. The van der Waals surface area contributed by atoms with Crippen LogP contribution in [-0.4, -0.2) is 22.0 Å². The summed E-state index contributed by atoms with van der Waals surface area (Å²) in [7, 11) is -1.47. The lowest BCUT2D eigenvalue weighted by Crippen LogP contribution is -2.26. The largest absolute Gasteiger partial charge is 0.316 e. The Labute approximate surface area is 132 Å². The van der Waals surface area contributed by atoms with E-state index in [2.05, 4.69) is 17.0 Å². The molecule has 120 valence electrons. The van der Waals surface area contributed by atoms with E-state index in [0.29, 0.717) is 23.2 Å². The summed E-state index contributed by atoms with van der Waals surface area (Å²) in [6.07, 6.45) is 6.02. The third-order valence-corrected chi connectivity index (χ3v) is 7.20. The zero-order chi connectivity index (χ0) is 15.3. The van der Waals surface area contributed by atoms with Crippen LogP contribution in [0.4, 0.5) is 0 Å². The van der Waals surface area contributed by atoms with E-state index in [-0.39, 0.29) is 0 Å². The highest BCUT2D eigenvalue weighted by atomic mass is 32.2. The summed E-state index contributed by atoms with van der Waals surface area (Å²) in [6.45, 7) is 3.56. The molecule has 0 bridgehead atoms. The molecule has 0 aromatic carbocycles. The van der Waals surface area contributed by atoms with Crippen LogP contribution in [-0.2, 0) is 16.6 Å². The van der Waals surface area contributed by atoms with Crippen molar-refractivity contribution in [1.29, 1.82) is 0 Å². The minimum Gasteiger partial charge on any atom is -0.316 e. The van der Waals surface area contributed by atoms with Crippen molar-refractivity contribution in [3.8, 4) is 0 Å². The highest BCUT2D eigenvalue weighted by Gasteiger charge is 2.20. The number of sulfonamides is 1. The number of hydrogen-bond acceptors (Lipinski definition) is 4. The molecule has 0 radical (unpaired) electrons. The molecule has 0 spiro atoms. The Hall–Kier alpha value is -0.430. The molecule has 1 aliphatic carbocycles. The van der Waals surface area contributed by atoms with Crippen molar-refractivity contribution in [1.82, 2.24) is 10.0 Å². The van der Waals surface area contributed by atoms with Gasteiger partial charge in [0.2, 0.25) is 10.0 Å². The molecule has 2 rings (SSSR count). The monoisotopic (exact) mass is 330 g/mol. The summed E-state index contributed by atoms with van der Waals surface area (Å²) >= 11 is 1.29. The maximum Gasteiger partial charge on any atom is 0.250 e. The van der Waals surface area contributed by atoms with Gasteiger partial charge in [-0.25, -0.2) is 13.1 Å². The zero-order valence-electron chi connectivity index (χ0n) is 12.9. The lowest BCUT2D eigenvalue weighted by molar-refractivity contribution is 0.278. The van der Waals surface area contributed by atoms with Gasteiger partial charge >= 0.3 is 0 Å². The molecule has 1 heterocycles. The van der Waals surface area contributed by atoms with Crippen molar-refractivity contribution in [2.45, 2.75) is 49.8 Å². The highest BCUT2D eigenvalue weighted by molar-refractivity contribution is 7.91. The van der Waals surface area contributed by atoms with E-state index in [0.717, 1.165) is 17.9 Å². The Balaban J connectivity index is 1.80. The van der Waals surface area contributed by atoms with Crippen LogP contribution in [0.1, 0.15) is 44.6 Å². The SMILES string of the molecule is CNCc1csc(S(=O)(=O)NCCC2CCC(C)CC2)c1. The normalized spacial score (nSPS) is 23.3. The van der Waals surface area contributed by atoms with Crippen molar-refractivity contribution >= 4 is 21.4 Å². The Morgan fingerprint density at radius 3 is 2.67 bits per heavy atom. The van der Waals surface area contributed by atoms with E-state index in [1.807, 2.05) is 12.4 Å². The molecule has 0 atom stereocenters. The van der Waals surface area contributed by atoms with Crippen molar-refractivity contribution in [2.24, 2.45) is 11.8 Å². The van der Waals surface area contributed by atoms with Crippen LogP contribution >= 0.6 is 11.3 Å². The van der Waals surface area contributed by atoms with Crippen LogP contribution in [0.3, 0.4) is 0 Å². The Morgan fingerprint density at radius 2 is 2.00 bits per heavy atom. The quantitative estimate of drug-likeness (QED) is 0.808. The molecule has 6 heteroatoms. The maximum absolute atomic E-state index is 12.2. The predicted octanol–water partition coefficient (Wildman–Crippen LogP) is 2.96. The first kappa shape index (κ1) is 16.9. The molecule has 1 aromatic heterocycles. The summed E-state index contributed by atoms with van der Waals surface area (Å²) in [4.78, 5) is 0. The molecule has 0 unspecified atom stereocenters. The van der Waals surface area contributed by atoms with E-state index in [9.17, 15) is 8.42 Å². The molecule has 0 saturated heterocycles. The van der Waals surface area contributed by atoms with E-state index in [1.54, 1.807) is 6.07 Å². The predicted molar refractivity (Wildman–Crippen MR) is 88.0 cm³/mol. The van der Waals surface area contributed by atoms with E-state index >= 15 is 0 Å². The van der Waals surface area contributed by atoms with E-state index in [4.69, 9.17) is 0 Å². The molecule has 0 aliphatic heterocycles. The minimum absolute atomic E-state index is 0.421. The molecule has 4 nitrogen and oxygen atoms in total. The highest BCUT2D eigenvalue weighted by Crippen LogP contribution is 2.30. The number of nitrogens with one attached hydrogen (secondary N) is 2. The number of hydrogen-bond donors (Lipinski definition) is 2. The van der Waals surface area contributed by atoms with Crippen molar-refractivity contribution in [2.75, 3.05) is 13.6 Å². The maximum atomic E-state index is 12.2. The van der Waals surface area contributed by atoms with Gasteiger partial charge in [0.15, 0.2) is 0 Å². The third kappa shape index (κ3) is 5.06. The Kier molecular flexibility index (Phi) is 6.22.